The molecule has 0 spiro atoms. The number of nitro groups is 1. The molecule has 3 rings (SSSR count). The monoisotopic (exact) mass is 448 g/mol. The summed E-state index contributed by atoms with van der Waals surface area (Å²) in [7, 11) is 2.97. The lowest BCUT2D eigenvalue weighted by molar-refractivity contribution is -0.384. The molecule has 1 heterocycles. The second-order valence-corrected chi connectivity index (χ2v) is 7.87. The van der Waals surface area contributed by atoms with Crippen LogP contribution >= 0.6 is 23.4 Å². The molecule has 1 N–H and O–H groups in total. The third-order valence-corrected chi connectivity index (χ3v) is 5.72. The fourth-order valence-corrected chi connectivity index (χ4v) is 3.97. The number of anilines is 1. The third kappa shape index (κ3) is 4.89. The second-order valence-electron chi connectivity index (χ2n) is 6.27. The standard InChI is InChI=1S/C19H17ClN4O5S/c1-23-18(26)16(30-19(23)21-12-5-3-11(20)4-6-12)10-17(25)22-14-8-7-13(29-2)9-15(14)24(27)28/h3-9,16H,10H2,1-2H3,(H,22,25). The molecule has 11 heteroatoms. The van der Waals surface area contributed by atoms with Gasteiger partial charge in [0.25, 0.3) is 5.69 Å². The normalized spacial score (nSPS) is 17.3. The highest BCUT2D eigenvalue weighted by atomic mass is 35.5. The Morgan fingerprint density at radius 2 is 2.03 bits per heavy atom. The van der Waals surface area contributed by atoms with Crippen LogP contribution in [-0.4, -0.2) is 46.2 Å². The molecule has 30 heavy (non-hydrogen) atoms. The molecule has 0 aromatic heterocycles. The van der Waals surface area contributed by atoms with Crippen LogP contribution in [0.5, 0.6) is 5.75 Å². The second kappa shape index (κ2) is 9.14. The van der Waals surface area contributed by atoms with Crippen LogP contribution in [0.15, 0.2) is 47.5 Å². The average molecular weight is 449 g/mol. The Morgan fingerprint density at radius 1 is 1.33 bits per heavy atom. The van der Waals surface area contributed by atoms with E-state index in [-0.39, 0.29) is 23.7 Å². The van der Waals surface area contributed by atoms with E-state index < -0.39 is 16.1 Å². The zero-order chi connectivity index (χ0) is 21.8. The number of hydrogen-bond donors (Lipinski definition) is 1. The highest BCUT2D eigenvalue weighted by molar-refractivity contribution is 8.15. The Bertz CT molecular complexity index is 1030. The summed E-state index contributed by atoms with van der Waals surface area (Å²) >= 11 is 7.02. The lowest BCUT2D eigenvalue weighted by atomic mass is 10.2. The molecule has 1 saturated heterocycles. The number of benzene rings is 2. The van der Waals surface area contributed by atoms with Crippen LogP contribution in [0.25, 0.3) is 0 Å². The van der Waals surface area contributed by atoms with Gasteiger partial charge < -0.3 is 10.1 Å². The molecule has 0 radical (unpaired) electrons. The number of ether oxygens (including phenoxy) is 1. The molecule has 2 aromatic rings. The quantitative estimate of drug-likeness (QED) is 0.530. The van der Waals surface area contributed by atoms with Gasteiger partial charge in [0.2, 0.25) is 11.8 Å². The number of methoxy groups -OCH3 is 1. The van der Waals surface area contributed by atoms with E-state index in [2.05, 4.69) is 10.3 Å². The van der Waals surface area contributed by atoms with Gasteiger partial charge >= 0.3 is 0 Å². The zero-order valence-electron chi connectivity index (χ0n) is 16.0. The summed E-state index contributed by atoms with van der Waals surface area (Å²) in [5.41, 5.74) is 0.361. The molecular weight excluding hydrogens is 432 g/mol. The number of nitrogens with zero attached hydrogens (tertiary/aromatic N) is 3. The van der Waals surface area contributed by atoms with Crippen molar-refractivity contribution >= 4 is 57.4 Å². The van der Waals surface area contributed by atoms with E-state index in [1.54, 1.807) is 31.3 Å². The van der Waals surface area contributed by atoms with E-state index in [9.17, 15) is 19.7 Å². The molecule has 1 aliphatic rings. The molecule has 0 bridgehead atoms. The zero-order valence-corrected chi connectivity index (χ0v) is 17.6. The number of carbonyl (C=O) groups excluding carboxylic acids is 2. The van der Waals surface area contributed by atoms with Crippen molar-refractivity contribution in [3.05, 3.63) is 57.6 Å². The Kier molecular flexibility index (Phi) is 6.58. The minimum absolute atomic E-state index is 0.0321. The van der Waals surface area contributed by atoms with Gasteiger partial charge in [-0.15, -0.1) is 0 Å². The van der Waals surface area contributed by atoms with Crippen LogP contribution in [0.4, 0.5) is 17.1 Å². The van der Waals surface area contributed by atoms with Crippen LogP contribution < -0.4 is 10.1 Å². The molecule has 2 aromatic carbocycles. The number of nitro benzene ring substituents is 1. The van der Waals surface area contributed by atoms with Crippen molar-refractivity contribution < 1.29 is 19.2 Å². The maximum Gasteiger partial charge on any atom is 0.296 e. The molecular formula is C19H17ClN4O5S. The predicted molar refractivity (Wildman–Crippen MR) is 116 cm³/mol. The minimum atomic E-state index is -0.682. The summed E-state index contributed by atoms with van der Waals surface area (Å²) in [5, 5.41) is 14.1. The van der Waals surface area contributed by atoms with E-state index >= 15 is 0 Å². The number of rotatable bonds is 6. The SMILES string of the molecule is COc1ccc(NC(=O)CC2SC(=Nc3ccc(Cl)cc3)N(C)C2=O)c([N+](=O)[O-])c1. The van der Waals surface area contributed by atoms with Gasteiger partial charge in [-0.2, -0.15) is 0 Å². The van der Waals surface area contributed by atoms with Crippen molar-refractivity contribution in [2.24, 2.45) is 4.99 Å². The van der Waals surface area contributed by atoms with Crippen LogP contribution in [0.2, 0.25) is 5.02 Å². The van der Waals surface area contributed by atoms with Gasteiger partial charge in [-0.05, 0) is 36.4 Å². The predicted octanol–water partition coefficient (Wildman–Crippen LogP) is 3.85. The van der Waals surface area contributed by atoms with E-state index in [1.165, 1.54) is 30.2 Å². The van der Waals surface area contributed by atoms with Gasteiger partial charge in [0.15, 0.2) is 5.17 Å². The molecule has 1 fully saturated rings. The lowest BCUT2D eigenvalue weighted by Crippen LogP contribution is -2.30. The molecule has 0 aliphatic carbocycles. The first-order valence-corrected chi connectivity index (χ1v) is 9.95. The molecule has 1 unspecified atom stereocenters. The van der Waals surface area contributed by atoms with Crippen molar-refractivity contribution in [1.29, 1.82) is 0 Å². The Hall–Kier alpha value is -3.11. The van der Waals surface area contributed by atoms with Gasteiger partial charge in [-0.25, -0.2) is 4.99 Å². The number of hydrogen-bond acceptors (Lipinski definition) is 7. The molecule has 1 atom stereocenters. The van der Waals surface area contributed by atoms with Crippen molar-refractivity contribution in [3.8, 4) is 5.75 Å². The van der Waals surface area contributed by atoms with Crippen LogP contribution in [0, 0.1) is 10.1 Å². The first-order chi connectivity index (χ1) is 14.3. The number of amidine groups is 1. The van der Waals surface area contributed by atoms with E-state index in [4.69, 9.17) is 16.3 Å². The molecule has 1 aliphatic heterocycles. The van der Waals surface area contributed by atoms with Crippen molar-refractivity contribution in [2.75, 3.05) is 19.5 Å². The topological polar surface area (TPSA) is 114 Å². The fraction of sp³-hybridized carbons (Fsp3) is 0.211. The minimum Gasteiger partial charge on any atom is -0.496 e. The average Bonchev–Trinajstić information content (AvgIpc) is 2.97. The van der Waals surface area contributed by atoms with Crippen molar-refractivity contribution in [3.63, 3.8) is 0 Å². The van der Waals surface area contributed by atoms with E-state index in [1.807, 2.05) is 0 Å². The molecule has 156 valence electrons. The van der Waals surface area contributed by atoms with Gasteiger partial charge in [-0.1, -0.05) is 23.4 Å². The van der Waals surface area contributed by atoms with Crippen molar-refractivity contribution in [1.82, 2.24) is 4.90 Å². The number of thioether (sulfide) groups is 1. The number of carbonyl (C=O) groups is 2. The van der Waals surface area contributed by atoms with Gasteiger partial charge in [-0.3, -0.25) is 24.6 Å². The van der Waals surface area contributed by atoms with E-state index in [0.29, 0.717) is 21.6 Å². The summed E-state index contributed by atoms with van der Waals surface area (Å²) < 4.78 is 4.97. The summed E-state index contributed by atoms with van der Waals surface area (Å²) in [6.07, 6.45) is -0.156. The first kappa shape index (κ1) is 21.6. The van der Waals surface area contributed by atoms with Crippen LogP contribution in [0.3, 0.4) is 0 Å². The van der Waals surface area contributed by atoms with Gasteiger partial charge in [0.1, 0.15) is 16.7 Å². The Labute approximate surface area is 181 Å². The summed E-state index contributed by atoms with van der Waals surface area (Å²) in [6, 6.07) is 10.9. The Balaban J connectivity index is 1.71. The van der Waals surface area contributed by atoms with Gasteiger partial charge in [0.05, 0.1) is 23.8 Å². The molecule has 0 saturated carbocycles. The molecule has 9 nitrogen and oxygen atoms in total. The smallest absolute Gasteiger partial charge is 0.296 e. The maximum atomic E-state index is 12.5. The van der Waals surface area contributed by atoms with Crippen molar-refractivity contribution in [2.45, 2.75) is 11.7 Å². The lowest BCUT2D eigenvalue weighted by Gasteiger charge is -2.10. The maximum absolute atomic E-state index is 12.5. The number of amides is 2. The third-order valence-electron chi connectivity index (χ3n) is 4.24. The summed E-state index contributed by atoms with van der Waals surface area (Å²) in [6.45, 7) is 0. The highest BCUT2D eigenvalue weighted by Gasteiger charge is 2.37. The first-order valence-electron chi connectivity index (χ1n) is 8.69. The Morgan fingerprint density at radius 3 is 2.67 bits per heavy atom. The fourth-order valence-electron chi connectivity index (χ4n) is 2.69. The summed E-state index contributed by atoms with van der Waals surface area (Å²) in [5.74, 6) is -0.492. The number of aliphatic imine (C=N–C) groups is 1. The van der Waals surface area contributed by atoms with Gasteiger partial charge in [0, 0.05) is 18.5 Å². The number of nitrogens with one attached hydrogen (secondary N) is 1. The van der Waals surface area contributed by atoms with Crippen LogP contribution in [0.1, 0.15) is 6.42 Å². The number of halogens is 1. The van der Waals surface area contributed by atoms with Crippen LogP contribution in [-0.2, 0) is 9.59 Å². The van der Waals surface area contributed by atoms with E-state index in [0.717, 1.165) is 11.8 Å². The highest BCUT2D eigenvalue weighted by Crippen LogP contribution is 2.32. The largest absolute Gasteiger partial charge is 0.496 e. The summed E-state index contributed by atoms with van der Waals surface area (Å²) in [4.78, 5) is 41.4. The molecule has 2 amide bonds.